The van der Waals surface area contributed by atoms with E-state index in [2.05, 4.69) is 15.3 Å². The van der Waals surface area contributed by atoms with Crippen molar-refractivity contribution in [3.8, 4) is 0 Å². The van der Waals surface area contributed by atoms with Crippen molar-refractivity contribution in [1.29, 1.82) is 0 Å². The van der Waals surface area contributed by atoms with E-state index in [0.717, 1.165) is 16.2 Å². The number of thiazole rings is 1. The zero-order valence-corrected chi connectivity index (χ0v) is 20.5. The summed E-state index contributed by atoms with van der Waals surface area (Å²) in [7, 11) is 0. The molecular formula is C21H20N6O7S2. The summed E-state index contributed by atoms with van der Waals surface area (Å²) in [6, 6.07) is 1.46. The van der Waals surface area contributed by atoms with Crippen LogP contribution in [0.4, 0.5) is 5.13 Å². The SMILES string of the molecule is CC(C)(N=C(C(=O)NC1C(=O)N2C(C(=O)O)=C(n3ccc(=O)cc3)CS[C@H]12)c1csc(N)n1)C(=O)O. The largest absolute Gasteiger partial charge is 0.479 e. The summed E-state index contributed by atoms with van der Waals surface area (Å²) in [5, 5.41) is 22.7. The van der Waals surface area contributed by atoms with E-state index in [9.17, 15) is 34.2 Å². The molecule has 0 bridgehead atoms. The lowest BCUT2D eigenvalue weighted by atomic mass is 10.0. The maximum absolute atomic E-state index is 13.2. The monoisotopic (exact) mass is 532 g/mol. The van der Waals surface area contributed by atoms with E-state index in [4.69, 9.17) is 5.73 Å². The van der Waals surface area contributed by atoms with E-state index in [1.807, 2.05) is 0 Å². The Morgan fingerprint density at radius 1 is 1.22 bits per heavy atom. The minimum atomic E-state index is -1.68. The summed E-state index contributed by atoms with van der Waals surface area (Å²) < 4.78 is 1.46. The normalized spacial score (nSPS) is 20.0. The van der Waals surface area contributed by atoms with Gasteiger partial charge < -0.3 is 25.8 Å². The van der Waals surface area contributed by atoms with Crippen LogP contribution in [0.1, 0.15) is 19.5 Å². The third-order valence-electron chi connectivity index (χ3n) is 5.44. The predicted molar refractivity (Wildman–Crippen MR) is 131 cm³/mol. The van der Waals surface area contributed by atoms with E-state index >= 15 is 0 Å². The van der Waals surface area contributed by atoms with Gasteiger partial charge in [0.2, 0.25) is 0 Å². The molecule has 5 N–H and O–H groups in total. The minimum absolute atomic E-state index is 0.0517. The molecule has 1 saturated heterocycles. The molecule has 0 saturated carbocycles. The van der Waals surface area contributed by atoms with Crippen molar-refractivity contribution in [3.05, 3.63) is 51.5 Å². The fourth-order valence-electron chi connectivity index (χ4n) is 3.55. The Bertz CT molecular complexity index is 1390. The van der Waals surface area contributed by atoms with Gasteiger partial charge in [-0.1, -0.05) is 0 Å². The van der Waals surface area contributed by atoms with Crippen LogP contribution in [0.15, 0.2) is 45.4 Å². The summed E-state index contributed by atoms with van der Waals surface area (Å²) in [5.41, 5.74) is 3.51. The highest BCUT2D eigenvalue weighted by Gasteiger charge is 2.54. The number of carboxylic acids is 2. The number of aliphatic imine (C=N–C) groups is 1. The zero-order valence-electron chi connectivity index (χ0n) is 18.9. The lowest BCUT2D eigenvalue weighted by Crippen LogP contribution is -2.71. The number of carbonyl (C=O) groups is 4. The molecule has 2 aromatic rings. The van der Waals surface area contributed by atoms with Crippen LogP contribution >= 0.6 is 23.1 Å². The Kier molecular flexibility index (Phi) is 6.44. The van der Waals surface area contributed by atoms with Crippen LogP contribution in [0.25, 0.3) is 5.70 Å². The maximum Gasteiger partial charge on any atom is 0.354 e. The van der Waals surface area contributed by atoms with Crippen LogP contribution in [-0.4, -0.2) is 76.8 Å². The summed E-state index contributed by atoms with van der Waals surface area (Å²) in [6.07, 6.45) is 2.83. The first-order valence-electron chi connectivity index (χ1n) is 10.4. The molecule has 1 fully saturated rings. The van der Waals surface area contributed by atoms with E-state index in [1.54, 1.807) is 0 Å². The second kappa shape index (κ2) is 9.23. The number of anilines is 1. The number of nitrogens with one attached hydrogen (secondary N) is 1. The Balaban J connectivity index is 1.63. The first-order chi connectivity index (χ1) is 16.9. The van der Waals surface area contributed by atoms with E-state index in [1.165, 1.54) is 60.1 Å². The molecule has 188 valence electrons. The zero-order chi connectivity index (χ0) is 26.4. The molecule has 1 unspecified atom stereocenters. The quantitative estimate of drug-likeness (QED) is 0.276. The maximum atomic E-state index is 13.2. The average Bonchev–Trinajstić information content (AvgIpc) is 3.26. The van der Waals surface area contributed by atoms with Crippen molar-refractivity contribution < 1.29 is 29.4 Å². The van der Waals surface area contributed by atoms with Crippen LogP contribution in [-0.2, 0) is 19.2 Å². The van der Waals surface area contributed by atoms with Gasteiger partial charge >= 0.3 is 11.9 Å². The molecule has 0 radical (unpaired) electrons. The van der Waals surface area contributed by atoms with Crippen LogP contribution < -0.4 is 16.5 Å². The molecule has 36 heavy (non-hydrogen) atoms. The number of nitrogen functional groups attached to an aromatic ring is 1. The van der Waals surface area contributed by atoms with Crippen molar-refractivity contribution in [2.75, 3.05) is 11.5 Å². The Hall–Kier alpha value is -3.98. The number of rotatable bonds is 7. The van der Waals surface area contributed by atoms with Crippen molar-refractivity contribution in [3.63, 3.8) is 0 Å². The Morgan fingerprint density at radius 3 is 2.44 bits per heavy atom. The second-order valence-corrected chi connectivity index (χ2v) is 10.3. The lowest BCUT2D eigenvalue weighted by Gasteiger charge is -2.49. The molecular weight excluding hydrogens is 512 g/mol. The number of aliphatic carboxylic acids is 2. The average molecular weight is 533 g/mol. The smallest absolute Gasteiger partial charge is 0.354 e. The molecule has 2 amide bonds. The molecule has 2 atom stereocenters. The molecule has 2 aliphatic rings. The number of hydrogen-bond donors (Lipinski definition) is 4. The molecule has 0 aliphatic carbocycles. The first-order valence-corrected chi connectivity index (χ1v) is 12.3. The highest BCUT2D eigenvalue weighted by atomic mass is 32.2. The van der Waals surface area contributed by atoms with Gasteiger partial charge in [0.05, 0.1) is 5.70 Å². The number of pyridine rings is 1. The number of carbonyl (C=O) groups excluding carboxylic acids is 2. The number of hydrogen-bond acceptors (Lipinski definition) is 10. The highest BCUT2D eigenvalue weighted by molar-refractivity contribution is 8.00. The summed E-state index contributed by atoms with van der Waals surface area (Å²) in [4.78, 5) is 70.4. The predicted octanol–water partition coefficient (Wildman–Crippen LogP) is -0.107. The number of nitrogens with zero attached hydrogens (tertiary/aromatic N) is 4. The third-order valence-corrected chi connectivity index (χ3v) is 7.38. The van der Waals surface area contributed by atoms with E-state index in [0.29, 0.717) is 5.70 Å². The summed E-state index contributed by atoms with van der Waals surface area (Å²) >= 11 is 2.26. The number of thioether (sulfide) groups is 1. The summed E-state index contributed by atoms with van der Waals surface area (Å²) in [6.45, 7) is 2.60. The van der Waals surface area contributed by atoms with Crippen molar-refractivity contribution in [2.45, 2.75) is 30.8 Å². The van der Waals surface area contributed by atoms with Gasteiger partial charge in [-0.25, -0.2) is 14.6 Å². The molecule has 4 heterocycles. The number of carboxylic acid groups (broad SMARTS) is 2. The van der Waals surface area contributed by atoms with Crippen molar-refractivity contribution in [1.82, 2.24) is 19.8 Å². The number of nitrogens with two attached hydrogens (primary N) is 1. The fourth-order valence-corrected chi connectivity index (χ4v) is 5.45. The topological polar surface area (TPSA) is 197 Å². The van der Waals surface area contributed by atoms with Gasteiger partial charge in [-0.05, 0) is 13.8 Å². The molecule has 15 heteroatoms. The van der Waals surface area contributed by atoms with Crippen LogP contribution in [0.3, 0.4) is 0 Å². The van der Waals surface area contributed by atoms with Gasteiger partial charge in [-0.2, -0.15) is 0 Å². The van der Waals surface area contributed by atoms with Crippen molar-refractivity contribution >= 4 is 63.4 Å². The van der Waals surface area contributed by atoms with Crippen molar-refractivity contribution in [2.24, 2.45) is 4.99 Å². The van der Waals surface area contributed by atoms with E-state index < -0.39 is 40.7 Å². The third kappa shape index (κ3) is 4.49. The molecule has 2 aromatic heterocycles. The van der Waals surface area contributed by atoms with Gasteiger partial charge in [-0.15, -0.1) is 23.1 Å². The van der Waals surface area contributed by atoms with E-state index in [-0.39, 0.29) is 33.4 Å². The molecule has 13 nitrogen and oxygen atoms in total. The molecule has 4 rings (SSSR count). The van der Waals surface area contributed by atoms with Crippen LogP contribution in [0.2, 0.25) is 0 Å². The highest BCUT2D eigenvalue weighted by Crippen LogP contribution is 2.41. The first kappa shape index (κ1) is 25.1. The minimum Gasteiger partial charge on any atom is -0.479 e. The fraction of sp³-hybridized carbons (Fsp3) is 0.286. The Labute approximate surface area is 211 Å². The molecule has 0 spiro atoms. The second-order valence-electron chi connectivity index (χ2n) is 8.30. The Morgan fingerprint density at radius 2 is 1.89 bits per heavy atom. The number of β-lactam (4-membered cyclic amide) rings is 1. The van der Waals surface area contributed by atoms with Gasteiger partial charge in [0.25, 0.3) is 11.8 Å². The van der Waals surface area contributed by atoms with Gasteiger partial charge in [-0.3, -0.25) is 24.3 Å². The number of fused-ring (bicyclic) bond motifs is 1. The molecule has 2 aliphatic heterocycles. The standard InChI is InChI=1S/C21H20N6O7S2/c1-21(2,19(33)34)25-12(10-7-36-20(22)23-10)15(29)24-13-16(30)27-14(18(31)32)11(8-35-17(13)27)26-5-3-9(28)4-6-26/h3-7,13,17H,8H2,1-2H3,(H2,22,23)(H,24,29)(H,31,32)(H,33,34)/t13?,17-/m1/s1. The summed E-state index contributed by atoms with van der Waals surface area (Å²) in [5.74, 6) is -3.95. The lowest BCUT2D eigenvalue weighted by molar-refractivity contribution is -0.150. The van der Waals surface area contributed by atoms with Gasteiger partial charge in [0.15, 0.2) is 27.5 Å². The number of aromatic nitrogens is 2. The van der Waals surface area contributed by atoms with Crippen LogP contribution in [0, 0.1) is 0 Å². The number of amides is 2. The van der Waals surface area contributed by atoms with Gasteiger partial charge in [0.1, 0.15) is 17.1 Å². The molecule has 0 aromatic carbocycles. The van der Waals surface area contributed by atoms with Gasteiger partial charge in [0, 0.05) is 35.7 Å². The van der Waals surface area contributed by atoms with Crippen LogP contribution in [0.5, 0.6) is 0 Å².